The number of benzene rings is 4. The van der Waals surface area contributed by atoms with E-state index in [2.05, 4.69) is 91.0 Å². The van der Waals surface area contributed by atoms with Crippen LogP contribution in [0.15, 0.2) is 121 Å². The van der Waals surface area contributed by atoms with Crippen molar-refractivity contribution in [1.82, 2.24) is 0 Å². The van der Waals surface area contributed by atoms with Crippen molar-refractivity contribution in [2.45, 2.75) is 6.92 Å². The molecule has 0 amide bonds. The van der Waals surface area contributed by atoms with Crippen LogP contribution in [-0.2, 0) is 0 Å². The Balaban J connectivity index is 0.000000255. The fourth-order valence-corrected chi connectivity index (χ4v) is 5.56. The monoisotopic (exact) mass is 462 g/mol. The van der Waals surface area contributed by atoms with E-state index in [0.717, 1.165) is 5.56 Å². The van der Waals surface area contributed by atoms with Crippen molar-refractivity contribution in [1.29, 1.82) is 0 Å². The van der Waals surface area contributed by atoms with Gasteiger partial charge in [-0.15, -0.1) is 0 Å². The minimum atomic E-state index is -0.877. The van der Waals surface area contributed by atoms with Crippen LogP contribution < -0.4 is 32.9 Å². The minimum Gasteiger partial charge on any atom is -1.00 e. The molecule has 4 rings (SSSR count). The molecule has 0 bridgehead atoms. The first-order valence-electron chi connectivity index (χ1n) is 9.35. The smallest absolute Gasteiger partial charge is 0.159 e. The second kappa shape index (κ2) is 12.1. The zero-order valence-electron chi connectivity index (χ0n) is 16.3. The van der Waals surface area contributed by atoms with Gasteiger partial charge in [-0.05, 0) is 43.3 Å². The van der Waals surface area contributed by atoms with Crippen LogP contribution in [0.3, 0.4) is 0 Å². The maximum atomic E-state index is 10.6. The standard InChI is InChI=1S/C18H15P.C8H8O.BrH/c1-4-10-16(11-5-1)19(17-12-6-2-7-13-17)18-14-8-3-9-15-18;1-7(9)8-5-3-2-4-6-8;/h1-15H;2-6H,1H3;1H. The van der Waals surface area contributed by atoms with Crippen LogP contribution in [0, 0.1) is 0 Å². The van der Waals surface area contributed by atoms with Gasteiger partial charge in [0, 0.05) is 5.56 Å². The van der Waals surface area contributed by atoms with Gasteiger partial charge in [0.05, 0.1) is 7.92 Å². The van der Waals surface area contributed by atoms with E-state index in [9.17, 15) is 4.79 Å². The van der Waals surface area contributed by atoms with Crippen LogP contribution >= 0.6 is 7.92 Å². The van der Waals surface area contributed by atoms with Gasteiger partial charge < -0.3 is 17.0 Å². The summed E-state index contributed by atoms with van der Waals surface area (Å²) in [5.74, 6) is 0.121. The molecule has 4 aromatic rings. The molecule has 3 heteroatoms. The van der Waals surface area contributed by atoms with Crippen LogP contribution in [0.5, 0.6) is 0 Å². The van der Waals surface area contributed by atoms with Gasteiger partial charge >= 0.3 is 0 Å². The Morgan fingerprint density at radius 2 is 0.793 bits per heavy atom. The van der Waals surface area contributed by atoms with E-state index < -0.39 is 7.92 Å². The summed E-state index contributed by atoms with van der Waals surface area (Å²) in [5, 5.41) is 4.31. The molecule has 0 aliphatic heterocycles. The third-order valence-corrected chi connectivity index (χ3v) is 7.10. The Morgan fingerprint density at radius 1 is 0.517 bits per heavy atom. The maximum absolute atomic E-state index is 10.6. The Kier molecular flexibility index (Phi) is 9.50. The molecule has 0 fully saturated rings. The normalized spacial score (nSPS) is 9.72. The van der Waals surface area contributed by atoms with E-state index in [1.54, 1.807) is 6.92 Å². The van der Waals surface area contributed by atoms with Crippen molar-refractivity contribution in [2.75, 3.05) is 0 Å². The number of hydrogen-bond acceptors (Lipinski definition) is 1. The Bertz CT molecular complexity index is 880. The van der Waals surface area contributed by atoms with Crippen molar-refractivity contribution in [2.24, 2.45) is 0 Å². The molecule has 0 aliphatic carbocycles. The number of halogens is 1. The van der Waals surface area contributed by atoms with Crippen molar-refractivity contribution in [3.05, 3.63) is 127 Å². The van der Waals surface area contributed by atoms with Gasteiger partial charge in [-0.1, -0.05) is 84.9 Å². The lowest BCUT2D eigenvalue weighted by atomic mass is 10.2. The molecule has 4 aromatic carbocycles. The van der Waals surface area contributed by atoms with Crippen molar-refractivity contribution in [3.63, 3.8) is 0 Å². The van der Waals surface area contributed by atoms with E-state index in [4.69, 9.17) is 0 Å². The molecule has 0 N–H and O–H groups in total. The second-order valence-electron chi connectivity index (χ2n) is 6.40. The SMILES string of the molecule is CC(=O)c1ccccc1.[Br-].c1ccc([PH+](c2ccccc2)c2ccccc2)cc1. The summed E-state index contributed by atoms with van der Waals surface area (Å²) >= 11 is 0. The Labute approximate surface area is 185 Å². The van der Waals surface area contributed by atoms with Crippen LogP contribution in [0.2, 0.25) is 0 Å². The quantitative estimate of drug-likeness (QED) is 0.335. The molecule has 29 heavy (non-hydrogen) atoms. The molecule has 0 saturated carbocycles. The predicted molar refractivity (Wildman–Crippen MR) is 123 cm³/mol. The molecule has 0 aromatic heterocycles. The molecule has 0 unspecified atom stereocenters. The number of carbonyl (C=O) groups is 1. The summed E-state index contributed by atoms with van der Waals surface area (Å²) in [6.45, 7) is 1.56. The highest BCUT2D eigenvalue weighted by Gasteiger charge is 2.24. The number of rotatable bonds is 4. The topological polar surface area (TPSA) is 17.1 Å². The summed E-state index contributed by atoms with van der Waals surface area (Å²) in [5.41, 5.74) is 0.775. The molecule has 0 saturated heterocycles. The lowest BCUT2D eigenvalue weighted by molar-refractivity contribution is -0.0000134. The predicted octanol–water partition coefficient (Wildman–Crippen LogP) is 2.07. The van der Waals surface area contributed by atoms with Crippen LogP contribution in [0.4, 0.5) is 0 Å². The van der Waals surface area contributed by atoms with E-state index in [-0.39, 0.29) is 22.8 Å². The molecule has 0 heterocycles. The van der Waals surface area contributed by atoms with Gasteiger partial charge in [-0.2, -0.15) is 0 Å². The molecule has 146 valence electrons. The highest BCUT2D eigenvalue weighted by molar-refractivity contribution is 7.79. The summed E-state index contributed by atoms with van der Waals surface area (Å²) in [6.07, 6.45) is 0. The highest BCUT2D eigenvalue weighted by atomic mass is 79.9. The Morgan fingerprint density at radius 3 is 1.03 bits per heavy atom. The summed E-state index contributed by atoms with van der Waals surface area (Å²) in [4.78, 5) is 10.6. The first-order valence-corrected chi connectivity index (χ1v) is 10.8. The van der Waals surface area contributed by atoms with E-state index >= 15 is 0 Å². The zero-order valence-corrected chi connectivity index (χ0v) is 18.9. The number of Topliss-reactive ketones (excluding diaryl/α,β-unsaturated/α-hetero) is 1. The first kappa shape index (κ1) is 22.7. The van der Waals surface area contributed by atoms with Crippen molar-refractivity contribution in [3.8, 4) is 0 Å². The van der Waals surface area contributed by atoms with E-state index in [1.165, 1.54) is 15.9 Å². The van der Waals surface area contributed by atoms with Crippen molar-refractivity contribution >= 4 is 29.6 Å². The van der Waals surface area contributed by atoms with E-state index in [1.807, 2.05) is 30.3 Å². The first-order chi connectivity index (χ1) is 13.8. The van der Waals surface area contributed by atoms with Crippen LogP contribution in [-0.4, -0.2) is 5.78 Å². The molecule has 0 radical (unpaired) electrons. The maximum Gasteiger partial charge on any atom is 0.159 e. The summed E-state index contributed by atoms with van der Waals surface area (Å²) in [6, 6.07) is 41.7. The molecule has 0 spiro atoms. The number of ketones is 1. The summed E-state index contributed by atoms with van der Waals surface area (Å²) < 4.78 is 0. The van der Waals surface area contributed by atoms with Crippen molar-refractivity contribution < 1.29 is 21.8 Å². The zero-order chi connectivity index (χ0) is 19.6. The van der Waals surface area contributed by atoms with Gasteiger partial charge in [0.1, 0.15) is 15.9 Å². The Hall–Kier alpha value is -2.54. The molecule has 0 aliphatic rings. The van der Waals surface area contributed by atoms with Gasteiger partial charge in [0.15, 0.2) is 5.78 Å². The fraction of sp³-hybridized carbons (Fsp3) is 0.0385. The summed E-state index contributed by atoms with van der Waals surface area (Å²) in [7, 11) is -0.877. The average molecular weight is 463 g/mol. The highest BCUT2D eigenvalue weighted by Crippen LogP contribution is 2.32. The molecule has 1 nitrogen and oxygen atoms in total. The van der Waals surface area contributed by atoms with Crippen LogP contribution in [0.1, 0.15) is 17.3 Å². The largest absolute Gasteiger partial charge is 1.00 e. The van der Waals surface area contributed by atoms with E-state index in [0.29, 0.717) is 0 Å². The average Bonchev–Trinajstić information content (AvgIpc) is 2.77. The fourth-order valence-electron chi connectivity index (χ4n) is 2.99. The lowest BCUT2D eigenvalue weighted by Crippen LogP contribution is -3.00. The number of hydrogen-bond donors (Lipinski definition) is 0. The number of carbonyl (C=O) groups excluding carboxylic acids is 1. The minimum absolute atomic E-state index is 0. The third kappa shape index (κ3) is 6.78. The molecular formula is C26H24BrOP. The third-order valence-electron chi connectivity index (χ3n) is 4.37. The van der Waals surface area contributed by atoms with Gasteiger partial charge in [-0.25, -0.2) is 0 Å². The molecular weight excluding hydrogens is 439 g/mol. The second-order valence-corrected chi connectivity index (χ2v) is 8.88. The van der Waals surface area contributed by atoms with Gasteiger partial charge in [0.2, 0.25) is 0 Å². The van der Waals surface area contributed by atoms with Gasteiger partial charge in [0.25, 0.3) is 0 Å². The molecule has 0 atom stereocenters. The van der Waals surface area contributed by atoms with Crippen LogP contribution in [0.25, 0.3) is 0 Å². The lowest BCUT2D eigenvalue weighted by Gasteiger charge is -2.10. The van der Waals surface area contributed by atoms with Gasteiger partial charge in [-0.3, -0.25) is 4.79 Å².